The fraction of sp³-hybridized carbons (Fsp3) is 0.720. The fourth-order valence-corrected chi connectivity index (χ4v) is 3.46. The van der Waals surface area contributed by atoms with Gasteiger partial charge in [0.2, 0.25) is 0 Å². The Morgan fingerprint density at radius 2 is 1.20 bits per heavy atom. The second-order valence-corrected chi connectivity index (χ2v) is 11.7. The van der Waals surface area contributed by atoms with Gasteiger partial charge in [-0.25, -0.2) is 9.59 Å². The molecule has 0 saturated carbocycles. The van der Waals surface area contributed by atoms with Crippen molar-refractivity contribution in [3.63, 3.8) is 0 Å². The Morgan fingerprint density at radius 1 is 0.756 bits per heavy atom. The molecule has 1 N–H and O–H groups in total. The number of imide groups is 1. The summed E-state index contributed by atoms with van der Waals surface area (Å²) in [6, 6.07) is 0. The summed E-state index contributed by atoms with van der Waals surface area (Å²) in [6.45, 7) is 12.8. The molecule has 15 nitrogen and oxygen atoms in total. The van der Waals surface area contributed by atoms with E-state index in [4.69, 9.17) is 21.1 Å². The number of rotatable bonds is 6. The molecular weight excluding hydrogens is 564 g/mol. The zero-order valence-electron chi connectivity index (χ0n) is 24.9. The zero-order valence-corrected chi connectivity index (χ0v) is 25.7. The van der Waals surface area contributed by atoms with E-state index in [1.165, 1.54) is 19.6 Å². The standard InChI is InChI=1S/C13H20ClN3O5.C12H21N3O4/c1-13(2,3)22-12(21)15(4)5-6-16-7-8-17(11(14)20)10(19)9(16)18;1-12(2,3)19-11(18)14(4)7-8-15-6-5-13-9(16)10(15)17/h5-8H2,1-4H3;5-8H2,1-4H3,(H,13,16). The van der Waals surface area contributed by atoms with Crippen molar-refractivity contribution >= 4 is 52.8 Å². The lowest BCUT2D eigenvalue weighted by Gasteiger charge is -2.32. The third kappa shape index (κ3) is 12.2. The van der Waals surface area contributed by atoms with E-state index in [0.717, 1.165) is 0 Å². The number of likely N-dealkylation sites (N-methyl/N-ethyl adjacent to an activating group) is 2. The summed E-state index contributed by atoms with van der Waals surface area (Å²) in [5.74, 6) is -2.90. The Labute approximate surface area is 245 Å². The first-order valence-corrected chi connectivity index (χ1v) is 13.4. The third-order valence-corrected chi connectivity index (χ3v) is 5.69. The van der Waals surface area contributed by atoms with Crippen LogP contribution in [0.5, 0.6) is 0 Å². The third-order valence-electron chi connectivity index (χ3n) is 5.49. The lowest BCUT2D eigenvalue weighted by atomic mass is 10.2. The molecule has 0 atom stereocenters. The molecule has 16 heteroatoms. The van der Waals surface area contributed by atoms with Crippen LogP contribution in [0.3, 0.4) is 0 Å². The van der Waals surface area contributed by atoms with E-state index in [-0.39, 0.29) is 26.2 Å². The van der Waals surface area contributed by atoms with Crippen LogP contribution in [0, 0.1) is 0 Å². The topological polar surface area (TPSA) is 166 Å². The van der Waals surface area contributed by atoms with Crippen LogP contribution >= 0.6 is 11.6 Å². The first-order chi connectivity index (χ1) is 18.7. The van der Waals surface area contributed by atoms with Gasteiger partial charge in [0.1, 0.15) is 11.2 Å². The molecule has 0 aromatic heterocycles. The van der Waals surface area contributed by atoms with E-state index in [0.29, 0.717) is 31.1 Å². The van der Waals surface area contributed by atoms with Gasteiger partial charge in [-0.2, -0.15) is 0 Å². The molecular formula is C25H41ClN6O9. The minimum Gasteiger partial charge on any atom is -0.444 e. The SMILES string of the molecule is CN(CCN1CCN(C(=O)Cl)C(=O)C1=O)C(=O)OC(C)(C)C.CN(CCN1CCNC(=O)C1=O)C(=O)OC(C)(C)C. The predicted molar refractivity (Wildman–Crippen MR) is 147 cm³/mol. The van der Waals surface area contributed by atoms with Gasteiger partial charge in [0.25, 0.3) is 0 Å². The Kier molecular flexibility index (Phi) is 12.8. The Balaban J connectivity index is 0.000000414. The van der Waals surface area contributed by atoms with E-state index < -0.39 is 52.4 Å². The molecule has 0 unspecified atom stereocenters. The van der Waals surface area contributed by atoms with Crippen molar-refractivity contribution in [2.75, 3.05) is 66.5 Å². The average Bonchev–Trinajstić information content (AvgIpc) is 2.83. The van der Waals surface area contributed by atoms with E-state index in [9.17, 15) is 33.6 Å². The van der Waals surface area contributed by atoms with Crippen LogP contribution in [-0.4, -0.2) is 143 Å². The van der Waals surface area contributed by atoms with Crippen LogP contribution in [0.15, 0.2) is 0 Å². The molecule has 7 amide bonds. The summed E-state index contributed by atoms with van der Waals surface area (Å²) >= 11 is 5.22. The summed E-state index contributed by atoms with van der Waals surface area (Å²) in [5, 5.41) is 1.50. The van der Waals surface area contributed by atoms with Gasteiger partial charge >= 0.3 is 41.2 Å². The van der Waals surface area contributed by atoms with Crippen molar-refractivity contribution in [2.45, 2.75) is 52.7 Å². The van der Waals surface area contributed by atoms with E-state index in [2.05, 4.69) is 5.32 Å². The number of nitrogens with one attached hydrogen (secondary N) is 1. The molecule has 2 aliphatic rings. The highest BCUT2D eigenvalue weighted by molar-refractivity contribution is 6.65. The number of hydrogen-bond donors (Lipinski definition) is 1. The van der Waals surface area contributed by atoms with Gasteiger partial charge < -0.3 is 34.4 Å². The molecule has 0 radical (unpaired) electrons. The number of ether oxygens (including phenoxy) is 2. The molecule has 0 bridgehead atoms. The number of piperazine rings is 2. The predicted octanol–water partition coefficient (Wildman–Crippen LogP) is 0.695. The van der Waals surface area contributed by atoms with Crippen molar-refractivity contribution in [1.29, 1.82) is 0 Å². The number of carbonyl (C=O) groups is 7. The van der Waals surface area contributed by atoms with Crippen molar-refractivity contribution in [1.82, 2.24) is 29.8 Å². The van der Waals surface area contributed by atoms with Crippen LogP contribution in [0.25, 0.3) is 0 Å². The quantitative estimate of drug-likeness (QED) is 0.261. The number of amides is 7. The minimum atomic E-state index is -0.969. The molecule has 0 aromatic carbocycles. The van der Waals surface area contributed by atoms with Gasteiger partial charge in [-0.3, -0.25) is 28.9 Å². The lowest BCUT2D eigenvalue weighted by Crippen LogP contribution is -2.56. The second kappa shape index (κ2) is 14.8. The van der Waals surface area contributed by atoms with Gasteiger partial charge in [0, 0.05) is 66.5 Å². The molecule has 232 valence electrons. The smallest absolute Gasteiger partial charge is 0.410 e. The first kappa shape index (κ1) is 35.4. The summed E-state index contributed by atoms with van der Waals surface area (Å²) in [6.07, 6.45) is -0.956. The fourth-order valence-electron chi connectivity index (χ4n) is 3.30. The monoisotopic (exact) mass is 604 g/mol. The van der Waals surface area contributed by atoms with E-state index in [1.807, 2.05) is 0 Å². The Hall–Kier alpha value is -3.62. The highest BCUT2D eigenvalue weighted by atomic mass is 35.5. The van der Waals surface area contributed by atoms with Crippen LogP contribution in [0.4, 0.5) is 14.4 Å². The molecule has 2 aliphatic heterocycles. The molecule has 2 saturated heterocycles. The minimum absolute atomic E-state index is 0.0447. The normalized spacial score (nSPS) is 16.0. The Bertz CT molecular complexity index is 1020. The molecule has 0 spiro atoms. The van der Waals surface area contributed by atoms with Gasteiger partial charge in [-0.05, 0) is 53.1 Å². The summed E-state index contributed by atoms with van der Waals surface area (Å²) in [7, 11) is 3.14. The molecule has 0 aliphatic carbocycles. The molecule has 2 fully saturated rings. The molecule has 0 aromatic rings. The molecule has 41 heavy (non-hydrogen) atoms. The maximum Gasteiger partial charge on any atom is 0.410 e. The highest BCUT2D eigenvalue weighted by Crippen LogP contribution is 2.11. The molecule has 2 rings (SSSR count). The number of nitrogens with zero attached hydrogens (tertiary/aromatic N) is 5. The van der Waals surface area contributed by atoms with E-state index in [1.54, 1.807) is 55.6 Å². The average molecular weight is 605 g/mol. The largest absolute Gasteiger partial charge is 0.444 e. The maximum atomic E-state index is 11.8. The maximum absolute atomic E-state index is 11.8. The highest BCUT2D eigenvalue weighted by Gasteiger charge is 2.35. The second-order valence-electron chi connectivity index (χ2n) is 11.4. The van der Waals surface area contributed by atoms with Crippen LogP contribution in [0.2, 0.25) is 0 Å². The van der Waals surface area contributed by atoms with Gasteiger partial charge in [0.05, 0.1) is 0 Å². The number of carbonyl (C=O) groups excluding carboxylic acids is 7. The Morgan fingerprint density at radius 3 is 1.61 bits per heavy atom. The van der Waals surface area contributed by atoms with Crippen molar-refractivity contribution in [3.8, 4) is 0 Å². The first-order valence-electron chi connectivity index (χ1n) is 13.0. The van der Waals surface area contributed by atoms with Crippen LogP contribution < -0.4 is 5.32 Å². The van der Waals surface area contributed by atoms with Crippen molar-refractivity contribution < 1.29 is 43.0 Å². The summed E-state index contributed by atoms with van der Waals surface area (Å²) in [5.41, 5.74) is -1.16. The van der Waals surface area contributed by atoms with Crippen LogP contribution in [-0.2, 0) is 28.7 Å². The lowest BCUT2D eigenvalue weighted by molar-refractivity contribution is -0.153. The summed E-state index contributed by atoms with van der Waals surface area (Å²) < 4.78 is 10.4. The van der Waals surface area contributed by atoms with Crippen molar-refractivity contribution in [3.05, 3.63) is 0 Å². The summed E-state index contributed by atoms with van der Waals surface area (Å²) in [4.78, 5) is 86.8. The van der Waals surface area contributed by atoms with Crippen molar-refractivity contribution in [2.24, 2.45) is 0 Å². The van der Waals surface area contributed by atoms with Crippen LogP contribution in [0.1, 0.15) is 41.5 Å². The molecule has 2 heterocycles. The van der Waals surface area contributed by atoms with Gasteiger partial charge in [-0.15, -0.1) is 0 Å². The van der Waals surface area contributed by atoms with Gasteiger partial charge in [0.15, 0.2) is 0 Å². The zero-order chi connectivity index (χ0) is 31.7. The van der Waals surface area contributed by atoms with Gasteiger partial charge in [-0.1, -0.05) is 0 Å². The van der Waals surface area contributed by atoms with E-state index >= 15 is 0 Å². The number of halogens is 1. The number of hydrogen-bond acceptors (Lipinski definition) is 9.